The number of nitrogens with one attached hydrogen (secondary N) is 1. The number of rotatable bonds is 7. The van der Waals surface area contributed by atoms with E-state index in [1.807, 2.05) is 44.2 Å². The molecule has 0 saturated heterocycles. The lowest BCUT2D eigenvalue weighted by atomic mass is 9.75. The average Bonchev–Trinajstić information content (AvgIpc) is 3.10. The number of carbonyl (C=O) groups excluding carboxylic acids is 1. The maximum absolute atomic E-state index is 12.7. The third kappa shape index (κ3) is 3.22. The van der Waals surface area contributed by atoms with Crippen LogP contribution in [0.5, 0.6) is 0 Å². The Morgan fingerprint density at radius 1 is 1.18 bits per heavy atom. The Balaban J connectivity index is 2.10. The van der Waals surface area contributed by atoms with E-state index in [1.165, 1.54) is 6.26 Å². The van der Waals surface area contributed by atoms with E-state index in [0.29, 0.717) is 18.6 Å². The molecule has 1 unspecified atom stereocenters. The Morgan fingerprint density at radius 3 is 2.41 bits per heavy atom. The minimum absolute atomic E-state index is 0.0608. The van der Waals surface area contributed by atoms with Crippen molar-refractivity contribution in [3.05, 3.63) is 60.1 Å². The first kappa shape index (κ1) is 16.3. The van der Waals surface area contributed by atoms with Crippen molar-refractivity contribution in [2.75, 3.05) is 6.54 Å². The van der Waals surface area contributed by atoms with Crippen LogP contribution >= 0.6 is 0 Å². The van der Waals surface area contributed by atoms with Gasteiger partial charge in [0.05, 0.1) is 18.2 Å². The lowest BCUT2D eigenvalue weighted by molar-refractivity contribution is -0.127. The van der Waals surface area contributed by atoms with Gasteiger partial charge in [-0.15, -0.1) is 0 Å². The van der Waals surface area contributed by atoms with E-state index in [1.54, 1.807) is 12.1 Å². The Kier molecular flexibility index (Phi) is 5.39. The smallest absolute Gasteiger partial charge is 0.230 e. The van der Waals surface area contributed by atoms with E-state index < -0.39 is 11.5 Å². The summed E-state index contributed by atoms with van der Waals surface area (Å²) in [7, 11) is 0. The van der Waals surface area contributed by atoms with Crippen LogP contribution < -0.4 is 5.32 Å². The molecule has 1 atom stereocenters. The second kappa shape index (κ2) is 7.27. The molecule has 118 valence electrons. The highest BCUT2D eigenvalue weighted by molar-refractivity contribution is 5.88. The van der Waals surface area contributed by atoms with E-state index in [2.05, 4.69) is 5.32 Å². The van der Waals surface area contributed by atoms with Crippen molar-refractivity contribution in [2.45, 2.75) is 38.2 Å². The van der Waals surface area contributed by atoms with Crippen LogP contribution in [-0.2, 0) is 10.2 Å². The Bertz CT molecular complexity index is 574. The fraction of sp³-hybridized carbons (Fsp3) is 0.389. The average molecular weight is 301 g/mol. The van der Waals surface area contributed by atoms with E-state index in [9.17, 15) is 9.90 Å². The molecule has 0 aliphatic rings. The van der Waals surface area contributed by atoms with Crippen molar-refractivity contribution in [3.8, 4) is 0 Å². The number of hydrogen-bond donors (Lipinski definition) is 2. The third-order valence-corrected chi connectivity index (χ3v) is 4.30. The molecule has 0 bridgehead atoms. The summed E-state index contributed by atoms with van der Waals surface area (Å²) in [5, 5.41) is 12.9. The number of hydrogen-bond acceptors (Lipinski definition) is 3. The number of benzene rings is 1. The van der Waals surface area contributed by atoms with Gasteiger partial charge in [-0.05, 0) is 30.5 Å². The summed E-state index contributed by atoms with van der Waals surface area (Å²) in [6.07, 6.45) is 2.08. The largest absolute Gasteiger partial charge is 0.467 e. The highest BCUT2D eigenvalue weighted by atomic mass is 16.4. The van der Waals surface area contributed by atoms with E-state index in [-0.39, 0.29) is 12.5 Å². The molecule has 2 rings (SSSR count). The number of aliphatic hydroxyl groups is 1. The molecule has 1 aromatic carbocycles. The second-order valence-corrected chi connectivity index (χ2v) is 5.40. The van der Waals surface area contributed by atoms with Gasteiger partial charge in [-0.25, -0.2) is 0 Å². The summed E-state index contributed by atoms with van der Waals surface area (Å²) >= 11 is 0. The van der Waals surface area contributed by atoms with Gasteiger partial charge in [-0.3, -0.25) is 4.79 Å². The molecule has 0 radical (unpaired) electrons. The van der Waals surface area contributed by atoms with E-state index >= 15 is 0 Å². The molecule has 1 amide bonds. The van der Waals surface area contributed by atoms with Crippen molar-refractivity contribution < 1.29 is 14.3 Å². The highest BCUT2D eigenvalue weighted by Crippen LogP contribution is 2.32. The maximum atomic E-state index is 12.7. The summed E-state index contributed by atoms with van der Waals surface area (Å²) in [5.74, 6) is 0.396. The van der Waals surface area contributed by atoms with Crippen molar-refractivity contribution in [1.82, 2.24) is 5.32 Å². The standard InChI is InChI=1S/C18H23NO3/c1-3-18(4-2,14-9-6-5-7-10-14)17(21)19-13-15(20)16-11-8-12-22-16/h5-12,15,20H,3-4,13H2,1-2H3,(H,19,21). The first-order valence-corrected chi connectivity index (χ1v) is 7.69. The molecule has 4 heteroatoms. The molecule has 1 heterocycles. The molecule has 2 N–H and O–H groups in total. The van der Waals surface area contributed by atoms with Crippen molar-refractivity contribution in [2.24, 2.45) is 0 Å². The van der Waals surface area contributed by atoms with Crippen LogP contribution in [0.4, 0.5) is 0 Å². The maximum Gasteiger partial charge on any atom is 0.230 e. The minimum atomic E-state index is -0.832. The van der Waals surface area contributed by atoms with Gasteiger partial charge in [0.2, 0.25) is 5.91 Å². The highest BCUT2D eigenvalue weighted by Gasteiger charge is 2.36. The van der Waals surface area contributed by atoms with Crippen LogP contribution in [0.1, 0.15) is 44.1 Å². The molecular weight excluding hydrogens is 278 g/mol. The lowest BCUT2D eigenvalue weighted by Crippen LogP contribution is -2.45. The number of amides is 1. The van der Waals surface area contributed by atoms with E-state index in [0.717, 1.165) is 5.56 Å². The molecule has 2 aromatic rings. The molecule has 0 aliphatic carbocycles. The number of furan rings is 1. The normalized spacial score (nSPS) is 12.9. The zero-order valence-electron chi connectivity index (χ0n) is 13.1. The van der Waals surface area contributed by atoms with Gasteiger partial charge in [0.15, 0.2) is 0 Å². The Hall–Kier alpha value is -2.07. The Morgan fingerprint density at radius 2 is 1.86 bits per heavy atom. The van der Waals surface area contributed by atoms with Gasteiger partial charge in [0.25, 0.3) is 0 Å². The van der Waals surface area contributed by atoms with Crippen LogP contribution in [0, 0.1) is 0 Å². The predicted molar refractivity (Wildman–Crippen MR) is 85.4 cm³/mol. The van der Waals surface area contributed by atoms with Gasteiger partial charge in [0, 0.05) is 0 Å². The molecule has 0 fully saturated rings. The quantitative estimate of drug-likeness (QED) is 0.825. The number of carbonyl (C=O) groups is 1. The molecule has 0 saturated carbocycles. The summed E-state index contributed by atoms with van der Waals surface area (Å²) in [4.78, 5) is 12.7. The van der Waals surface area contributed by atoms with Gasteiger partial charge in [-0.2, -0.15) is 0 Å². The van der Waals surface area contributed by atoms with Gasteiger partial charge in [0.1, 0.15) is 11.9 Å². The molecule has 0 spiro atoms. The molecular formula is C18H23NO3. The molecule has 4 nitrogen and oxygen atoms in total. The molecule has 1 aromatic heterocycles. The van der Waals surface area contributed by atoms with Crippen LogP contribution in [0.15, 0.2) is 53.1 Å². The van der Waals surface area contributed by atoms with Crippen LogP contribution in [0.3, 0.4) is 0 Å². The lowest BCUT2D eigenvalue weighted by Gasteiger charge is -2.31. The topological polar surface area (TPSA) is 62.5 Å². The number of aliphatic hydroxyl groups excluding tert-OH is 1. The fourth-order valence-corrected chi connectivity index (χ4v) is 2.81. The molecule has 0 aliphatic heterocycles. The summed E-state index contributed by atoms with van der Waals surface area (Å²) in [6.45, 7) is 4.17. The van der Waals surface area contributed by atoms with Gasteiger partial charge >= 0.3 is 0 Å². The SMILES string of the molecule is CCC(CC)(C(=O)NCC(O)c1ccco1)c1ccccc1. The zero-order chi connectivity index (χ0) is 16.0. The predicted octanol–water partition coefficient (Wildman–Crippen LogP) is 3.19. The molecule has 22 heavy (non-hydrogen) atoms. The summed E-state index contributed by atoms with van der Waals surface area (Å²) in [5.41, 5.74) is 0.439. The summed E-state index contributed by atoms with van der Waals surface area (Å²) in [6, 6.07) is 13.2. The first-order valence-electron chi connectivity index (χ1n) is 7.69. The summed E-state index contributed by atoms with van der Waals surface area (Å²) < 4.78 is 5.15. The first-order chi connectivity index (χ1) is 10.6. The second-order valence-electron chi connectivity index (χ2n) is 5.40. The van der Waals surface area contributed by atoms with Gasteiger partial charge in [-0.1, -0.05) is 44.2 Å². The van der Waals surface area contributed by atoms with Crippen LogP contribution in [0.25, 0.3) is 0 Å². The monoisotopic (exact) mass is 301 g/mol. The van der Waals surface area contributed by atoms with E-state index in [4.69, 9.17) is 4.42 Å². The van der Waals surface area contributed by atoms with Crippen LogP contribution in [-0.4, -0.2) is 17.6 Å². The van der Waals surface area contributed by atoms with Crippen LogP contribution in [0.2, 0.25) is 0 Å². The Labute approximate surface area is 131 Å². The van der Waals surface area contributed by atoms with Crippen molar-refractivity contribution in [1.29, 1.82) is 0 Å². The van der Waals surface area contributed by atoms with Crippen molar-refractivity contribution in [3.63, 3.8) is 0 Å². The fourth-order valence-electron chi connectivity index (χ4n) is 2.81. The van der Waals surface area contributed by atoms with Crippen molar-refractivity contribution >= 4 is 5.91 Å². The minimum Gasteiger partial charge on any atom is -0.467 e. The third-order valence-electron chi connectivity index (χ3n) is 4.30. The zero-order valence-corrected chi connectivity index (χ0v) is 13.1. The van der Waals surface area contributed by atoms with Gasteiger partial charge < -0.3 is 14.8 Å².